The predicted molar refractivity (Wildman–Crippen MR) is 102 cm³/mol. The van der Waals surface area contributed by atoms with E-state index in [0.717, 1.165) is 12.0 Å². The molecular weight excluding hydrogens is 365 g/mol. The summed E-state index contributed by atoms with van der Waals surface area (Å²) in [5.74, 6) is -0.354. The second-order valence-corrected chi connectivity index (χ2v) is 9.68. The van der Waals surface area contributed by atoms with Crippen molar-refractivity contribution in [3.05, 3.63) is 53.3 Å². The van der Waals surface area contributed by atoms with Gasteiger partial charge in [-0.3, -0.25) is 0 Å². The zero-order valence-electron chi connectivity index (χ0n) is 15.6. The zero-order valence-corrected chi connectivity index (χ0v) is 16.4. The molecule has 1 N–H and O–H groups in total. The van der Waals surface area contributed by atoms with Crippen LogP contribution in [0, 0.1) is 19.7 Å². The Balaban J connectivity index is 1.80. The molecule has 144 valence electrons. The summed E-state index contributed by atoms with van der Waals surface area (Å²) in [5, 5.41) is 10.5. The second kappa shape index (κ2) is 6.40. The summed E-state index contributed by atoms with van der Waals surface area (Å²) in [6.45, 7) is 4.11. The minimum Gasteiger partial charge on any atom is -0.388 e. The lowest BCUT2D eigenvalue weighted by Gasteiger charge is -2.29. The van der Waals surface area contributed by atoms with Crippen molar-refractivity contribution in [2.45, 2.75) is 56.1 Å². The van der Waals surface area contributed by atoms with Crippen LogP contribution in [0.15, 0.2) is 41.3 Å². The van der Waals surface area contributed by atoms with E-state index in [2.05, 4.69) is 0 Å². The minimum absolute atomic E-state index is 0.239. The maximum atomic E-state index is 13.7. The van der Waals surface area contributed by atoms with E-state index in [-0.39, 0.29) is 16.8 Å². The van der Waals surface area contributed by atoms with Crippen molar-refractivity contribution in [2.24, 2.45) is 0 Å². The highest BCUT2D eigenvalue weighted by Gasteiger charge is 2.54. The fourth-order valence-electron chi connectivity index (χ4n) is 4.23. The van der Waals surface area contributed by atoms with Crippen LogP contribution < -0.4 is 0 Å². The standard InChI is InChI=1S/C21H24FNO3S/c1-14-11-15(2)19(13-18(14)16-5-3-6-17(22)12-16)27(25,26)23-10-4-7-20(23)21(24)8-9-21/h3,5-6,11-13,20,24H,4,7-10H2,1-2H3. The molecule has 1 heterocycles. The molecule has 2 aromatic carbocycles. The molecule has 0 radical (unpaired) electrons. The molecule has 1 saturated heterocycles. The summed E-state index contributed by atoms with van der Waals surface area (Å²) in [7, 11) is -3.74. The molecular formula is C21H24FNO3S. The number of hydrogen-bond acceptors (Lipinski definition) is 3. The van der Waals surface area contributed by atoms with E-state index in [1.54, 1.807) is 25.1 Å². The molecule has 0 bridgehead atoms. The number of rotatable bonds is 4. The van der Waals surface area contributed by atoms with Crippen LogP contribution >= 0.6 is 0 Å². The third-order valence-electron chi connectivity index (χ3n) is 5.83. The van der Waals surface area contributed by atoms with Crippen molar-refractivity contribution in [3.63, 3.8) is 0 Å². The Morgan fingerprint density at radius 3 is 2.56 bits per heavy atom. The van der Waals surface area contributed by atoms with Gasteiger partial charge in [0, 0.05) is 6.54 Å². The van der Waals surface area contributed by atoms with Crippen molar-refractivity contribution in [1.82, 2.24) is 4.31 Å². The number of hydrogen-bond donors (Lipinski definition) is 1. The summed E-state index contributed by atoms with van der Waals surface area (Å²) in [5.41, 5.74) is 2.06. The van der Waals surface area contributed by atoms with Gasteiger partial charge in [-0.2, -0.15) is 4.31 Å². The Bertz CT molecular complexity index is 998. The lowest BCUT2D eigenvalue weighted by atomic mass is 9.99. The van der Waals surface area contributed by atoms with E-state index >= 15 is 0 Å². The number of nitrogens with zero attached hydrogens (tertiary/aromatic N) is 1. The van der Waals surface area contributed by atoms with E-state index < -0.39 is 15.6 Å². The Kier molecular flexibility index (Phi) is 4.41. The van der Waals surface area contributed by atoms with Gasteiger partial charge in [-0.1, -0.05) is 18.2 Å². The molecule has 0 spiro atoms. The van der Waals surface area contributed by atoms with Crippen molar-refractivity contribution in [3.8, 4) is 11.1 Å². The first-order valence-corrected chi connectivity index (χ1v) is 10.8. The van der Waals surface area contributed by atoms with E-state index in [0.29, 0.717) is 42.5 Å². The lowest BCUT2D eigenvalue weighted by Crippen LogP contribution is -2.44. The molecule has 1 atom stereocenters. The molecule has 0 aromatic heterocycles. The Morgan fingerprint density at radius 2 is 1.89 bits per heavy atom. The fraction of sp³-hybridized carbons (Fsp3) is 0.429. The van der Waals surface area contributed by atoms with Gasteiger partial charge in [0.15, 0.2) is 0 Å². The minimum atomic E-state index is -3.74. The summed E-state index contributed by atoms with van der Waals surface area (Å²) in [4.78, 5) is 0.239. The smallest absolute Gasteiger partial charge is 0.243 e. The molecule has 27 heavy (non-hydrogen) atoms. The summed E-state index contributed by atoms with van der Waals surface area (Å²) >= 11 is 0. The number of aliphatic hydroxyl groups is 1. The van der Waals surface area contributed by atoms with Crippen molar-refractivity contribution >= 4 is 10.0 Å². The largest absolute Gasteiger partial charge is 0.388 e. The maximum Gasteiger partial charge on any atom is 0.243 e. The Morgan fingerprint density at radius 1 is 1.15 bits per heavy atom. The van der Waals surface area contributed by atoms with Gasteiger partial charge in [-0.25, -0.2) is 12.8 Å². The van der Waals surface area contributed by atoms with Gasteiger partial charge >= 0.3 is 0 Å². The summed E-state index contributed by atoms with van der Waals surface area (Å²) < 4.78 is 42.0. The van der Waals surface area contributed by atoms with Crippen LogP contribution in [0.1, 0.15) is 36.8 Å². The highest BCUT2D eigenvalue weighted by atomic mass is 32.2. The normalized spacial score (nSPS) is 22.1. The summed E-state index contributed by atoms with van der Waals surface area (Å²) in [6, 6.07) is 9.33. The molecule has 1 aliphatic heterocycles. The lowest BCUT2D eigenvalue weighted by molar-refractivity contribution is 0.0826. The first kappa shape index (κ1) is 18.6. The van der Waals surface area contributed by atoms with Gasteiger partial charge in [-0.05, 0) is 80.0 Å². The topological polar surface area (TPSA) is 57.6 Å². The van der Waals surface area contributed by atoms with Crippen LogP contribution in [-0.2, 0) is 10.0 Å². The third-order valence-corrected chi connectivity index (χ3v) is 7.88. The highest BCUT2D eigenvalue weighted by Crippen LogP contribution is 2.46. The Labute approximate surface area is 159 Å². The van der Waals surface area contributed by atoms with Gasteiger partial charge in [0.05, 0.1) is 16.5 Å². The number of benzene rings is 2. The van der Waals surface area contributed by atoms with Crippen LogP contribution in [-0.4, -0.2) is 36.0 Å². The van der Waals surface area contributed by atoms with Crippen LogP contribution in [0.5, 0.6) is 0 Å². The highest BCUT2D eigenvalue weighted by molar-refractivity contribution is 7.89. The summed E-state index contributed by atoms with van der Waals surface area (Å²) in [6.07, 6.45) is 2.77. The van der Waals surface area contributed by atoms with Crippen molar-refractivity contribution in [2.75, 3.05) is 6.54 Å². The molecule has 0 amide bonds. The van der Waals surface area contributed by atoms with Gasteiger partial charge in [-0.15, -0.1) is 0 Å². The van der Waals surface area contributed by atoms with Gasteiger partial charge in [0.25, 0.3) is 0 Å². The van der Waals surface area contributed by atoms with Crippen LogP contribution in [0.3, 0.4) is 0 Å². The molecule has 1 aliphatic carbocycles. The average Bonchev–Trinajstić information content (AvgIpc) is 3.15. The molecule has 1 saturated carbocycles. The molecule has 2 aliphatic rings. The van der Waals surface area contributed by atoms with Gasteiger partial charge in [0.2, 0.25) is 10.0 Å². The van der Waals surface area contributed by atoms with E-state index in [1.165, 1.54) is 16.4 Å². The van der Waals surface area contributed by atoms with Crippen LogP contribution in [0.4, 0.5) is 4.39 Å². The molecule has 6 heteroatoms. The average molecular weight is 389 g/mol. The molecule has 4 nitrogen and oxygen atoms in total. The van der Waals surface area contributed by atoms with E-state index in [9.17, 15) is 17.9 Å². The molecule has 4 rings (SSSR count). The number of sulfonamides is 1. The van der Waals surface area contributed by atoms with Crippen LogP contribution in [0.2, 0.25) is 0 Å². The first-order valence-electron chi connectivity index (χ1n) is 9.34. The third kappa shape index (κ3) is 3.20. The van der Waals surface area contributed by atoms with Crippen LogP contribution in [0.25, 0.3) is 11.1 Å². The fourth-order valence-corrected chi connectivity index (χ4v) is 6.22. The molecule has 2 fully saturated rings. The van der Waals surface area contributed by atoms with Gasteiger partial charge < -0.3 is 5.11 Å². The van der Waals surface area contributed by atoms with E-state index in [1.807, 2.05) is 13.0 Å². The molecule has 1 unspecified atom stereocenters. The monoisotopic (exact) mass is 389 g/mol. The zero-order chi connectivity index (χ0) is 19.4. The SMILES string of the molecule is Cc1cc(C)c(S(=O)(=O)N2CCCC2C2(O)CC2)cc1-c1cccc(F)c1. The maximum absolute atomic E-state index is 13.7. The predicted octanol–water partition coefficient (Wildman–Crippen LogP) is 3.79. The second-order valence-electron chi connectivity index (χ2n) is 7.82. The molecule has 2 aromatic rings. The van der Waals surface area contributed by atoms with Crippen molar-refractivity contribution < 1.29 is 17.9 Å². The van der Waals surface area contributed by atoms with Gasteiger partial charge in [0.1, 0.15) is 5.82 Å². The van der Waals surface area contributed by atoms with E-state index in [4.69, 9.17) is 0 Å². The number of aryl methyl sites for hydroxylation is 2. The Hall–Kier alpha value is -1.76. The first-order chi connectivity index (χ1) is 12.7. The van der Waals surface area contributed by atoms with Crippen molar-refractivity contribution in [1.29, 1.82) is 0 Å². The quantitative estimate of drug-likeness (QED) is 0.866. The number of halogens is 1.